The maximum Gasteiger partial charge on any atom is 0.343 e. The van der Waals surface area contributed by atoms with E-state index in [1.54, 1.807) is 50.4 Å². The maximum atomic E-state index is 12.8. The first-order chi connectivity index (χ1) is 14.4. The summed E-state index contributed by atoms with van der Waals surface area (Å²) in [4.78, 5) is 25.3. The Kier molecular flexibility index (Phi) is 5.11. The zero-order chi connectivity index (χ0) is 21.3. The Labute approximate surface area is 174 Å². The smallest absolute Gasteiger partial charge is 0.343 e. The van der Waals surface area contributed by atoms with Gasteiger partial charge in [0.15, 0.2) is 5.76 Å². The van der Waals surface area contributed by atoms with Gasteiger partial charge in [-0.05, 0) is 61.4 Å². The monoisotopic (exact) mass is 400 g/mol. The van der Waals surface area contributed by atoms with Crippen molar-refractivity contribution in [2.24, 2.45) is 0 Å². The van der Waals surface area contributed by atoms with Crippen LogP contribution in [0.5, 0.6) is 17.2 Å². The van der Waals surface area contributed by atoms with Crippen molar-refractivity contribution >= 4 is 17.8 Å². The molecular weight excluding hydrogens is 380 g/mol. The van der Waals surface area contributed by atoms with Crippen LogP contribution in [-0.2, 0) is 0 Å². The number of fused-ring (bicyclic) bond motifs is 1. The number of aryl methyl sites for hydroxylation is 2. The van der Waals surface area contributed by atoms with Crippen LogP contribution < -0.4 is 14.2 Å². The Bertz CT molecular complexity index is 1170. The molecule has 0 aromatic heterocycles. The minimum atomic E-state index is -0.462. The van der Waals surface area contributed by atoms with Crippen LogP contribution in [0.25, 0.3) is 6.08 Å². The van der Waals surface area contributed by atoms with Crippen LogP contribution in [0, 0.1) is 13.8 Å². The van der Waals surface area contributed by atoms with Gasteiger partial charge in [-0.25, -0.2) is 4.79 Å². The molecule has 0 radical (unpaired) electrons. The molecule has 0 saturated carbocycles. The molecule has 0 N–H and O–H groups in total. The number of hydrogen-bond acceptors (Lipinski definition) is 5. The van der Waals surface area contributed by atoms with Crippen LogP contribution in [0.2, 0.25) is 0 Å². The zero-order valence-electron chi connectivity index (χ0n) is 16.9. The van der Waals surface area contributed by atoms with E-state index in [0.29, 0.717) is 28.2 Å². The zero-order valence-corrected chi connectivity index (χ0v) is 16.9. The van der Waals surface area contributed by atoms with E-state index in [1.165, 1.54) is 0 Å². The maximum absolute atomic E-state index is 12.8. The third kappa shape index (κ3) is 3.82. The van der Waals surface area contributed by atoms with Crippen LogP contribution in [-0.4, -0.2) is 18.9 Å². The summed E-state index contributed by atoms with van der Waals surface area (Å²) in [5.41, 5.74) is 3.41. The van der Waals surface area contributed by atoms with E-state index in [1.807, 2.05) is 37.3 Å². The Morgan fingerprint density at radius 1 is 0.967 bits per heavy atom. The SMILES string of the molecule is COc1ccc(/C=C2\Oc3cc(OC(=O)c4cccc(C)c4)cc(C)c3C2=O)cc1. The van der Waals surface area contributed by atoms with Crippen molar-refractivity contribution in [3.05, 3.63) is 94.2 Å². The lowest BCUT2D eigenvalue weighted by Crippen LogP contribution is -2.09. The molecule has 5 nitrogen and oxygen atoms in total. The number of hydrogen-bond donors (Lipinski definition) is 0. The van der Waals surface area contributed by atoms with Gasteiger partial charge in [-0.1, -0.05) is 29.8 Å². The highest BCUT2D eigenvalue weighted by Gasteiger charge is 2.30. The number of rotatable bonds is 4. The predicted molar refractivity (Wildman–Crippen MR) is 113 cm³/mol. The highest BCUT2D eigenvalue weighted by molar-refractivity contribution is 6.15. The average molecular weight is 400 g/mol. The number of carbonyl (C=O) groups is 2. The molecule has 1 aliphatic heterocycles. The van der Waals surface area contributed by atoms with Crippen molar-refractivity contribution in [1.29, 1.82) is 0 Å². The molecule has 5 heteroatoms. The minimum absolute atomic E-state index is 0.199. The van der Waals surface area contributed by atoms with Crippen molar-refractivity contribution < 1.29 is 23.8 Å². The largest absolute Gasteiger partial charge is 0.497 e. The van der Waals surface area contributed by atoms with E-state index in [-0.39, 0.29) is 11.5 Å². The van der Waals surface area contributed by atoms with Gasteiger partial charge < -0.3 is 14.2 Å². The summed E-state index contributed by atoms with van der Waals surface area (Å²) >= 11 is 0. The molecule has 0 amide bonds. The van der Waals surface area contributed by atoms with Crippen molar-refractivity contribution in [3.8, 4) is 17.2 Å². The summed E-state index contributed by atoms with van der Waals surface area (Å²) < 4.78 is 16.5. The van der Waals surface area contributed by atoms with Gasteiger partial charge in [-0.3, -0.25) is 4.79 Å². The van der Waals surface area contributed by atoms with Crippen molar-refractivity contribution in [2.75, 3.05) is 7.11 Å². The first kappa shape index (κ1) is 19.5. The summed E-state index contributed by atoms with van der Waals surface area (Å²) in [6, 6.07) is 17.7. The molecule has 0 fully saturated rings. The lowest BCUT2D eigenvalue weighted by Gasteiger charge is -2.08. The number of carbonyl (C=O) groups excluding carboxylic acids is 2. The average Bonchev–Trinajstić information content (AvgIpc) is 3.04. The summed E-state index contributed by atoms with van der Waals surface area (Å²) in [6.45, 7) is 3.70. The quantitative estimate of drug-likeness (QED) is 0.344. The number of benzene rings is 3. The van der Waals surface area contributed by atoms with Crippen LogP contribution in [0.4, 0.5) is 0 Å². The van der Waals surface area contributed by atoms with Crippen molar-refractivity contribution in [2.45, 2.75) is 13.8 Å². The van der Waals surface area contributed by atoms with E-state index in [0.717, 1.165) is 16.9 Å². The van der Waals surface area contributed by atoms with Gasteiger partial charge in [-0.15, -0.1) is 0 Å². The standard InChI is InChI=1S/C25H20O5/c1-15-5-4-6-18(11-15)25(27)29-20-12-16(2)23-21(14-20)30-22(24(23)26)13-17-7-9-19(28-3)10-8-17/h4-14H,1-3H3/b22-13-. The second-order valence-corrected chi connectivity index (χ2v) is 7.09. The summed E-state index contributed by atoms with van der Waals surface area (Å²) in [6.07, 6.45) is 1.68. The third-order valence-corrected chi connectivity index (χ3v) is 4.82. The van der Waals surface area contributed by atoms with Gasteiger partial charge in [0, 0.05) is 6.07 Å². The van der Waals surface area contributed by atoms with Gasteiger partial charge in [0.1, 0.15) is 17.2 Å². The topological polar surface area (TPSA) is 61.8 Å². The fourth-order valence-corrected chi connectivity index (χ4v) is 3.33. The number of Topliss-reactive ketones (excluding diaryl/α,β-unsaturated/α-hetero) is 1. The van der Waals surface area contributed by atoms with E-state index >= 15 is 0 Å². The molecule has 3 aromatic rings. The number of ketones is 1. The first-order valence-electron chi connectivity index (χ1n) is 9.46. The highest BCUT2D eigenvalue weighted by Crippen LogP contribution is 2.37. The predicted octanol–water partition coefficient (Wildman–Crippen LogP) is 5.15. The molecule has 1 aliphatic rings. The van der Waals surface area contributed by atoms with E-state index in [2.05, 4.69) is 0 Å². The molecule has 0 saturated heterocycles. The van der Waals surface area contributed by atoms with Crippen LogP contribution in [0.15, 0.2) is 66.4 Å². The van der Waals surface area contributed by atoms with Gasteiger partial charge in [-0.2, -0.15) is 0 Å². The molecule has 3 aromatic carbocycles. The minimum Gasteiger partial charge on any atom is -0.497 e. The summed E-state index contributed by atoms with van der Waals surface area (Å²) in [7, 11) is 1.60. The van der Waals surface area contributed by atoms with Crippen molar-refractivity contribution in [3.63, 3.8) is 0 Å². The molecule has 1 heterocycles. The van der Waals surface area contributed by atoms with E-state index in [4.69, 9.17) is 14.2 Å². The van der Waals surface area contributed by atoms with Crippen LogP contribution in [0.1, 0.15) is 37.4 Å². The number of allylic oxidation sites excluding steroid dienone is 1. The van der Waals surface area contributed by atoms with Gasteiger partial charge in [0.2, 0.25) is 5.78 Å². The molecular formula is C25H20O5. The Balaban J connectivity index is 1.59. The van der Waals surface area contributed by atoms with Crippen molar-refractivity contribution in [1.82, 2.24) is 0 Å². The van der Waals surface area contributed by atoms with Gasteiger partial charge in [0.25, 0.3) is 0 Å². The number of esters is 1. The normalized spacial score (nSPS) is 13.7. The number of ether oxygens (including phenoxy) is 3. The molecule has 30 heavy (non-hydrogen) atoms. The lowest BCUT2D eigenvalue weighted by atomic mass is 10.0. The Morgan fingerprint density at radius 2 is 1.73 bits per heavy atom. The highest BCUT2D eigenvalue weighted by atomic mass is 16.5. The molecule has 4 rings (SSSR count). The van der Waals surface area contributed by atoms with Crippen LogP contribution in [0.3, 0.4) is 0 Å². The Hall–Kier alpha value is -3.86. The number of methoxy groups -OCH3 is 1. The lowest BCUT2D eigenvalue weighted by molar-refractivity contribution is 0.0734. The first-order valence-corrected chi connectivity index (χ1v) is 9.46. The molecule has 0 aliphatic carbocycles. The molecule has 150 valence electrons. The Morgan fingerprint density at radius 3 is 2.43 bits per heavy atom. The second-order valence-electron chi connectivity index (χ2n) is 7.09. The molecule has 0 spiro atoms. The van der Waals surface area contributed by atoms with Gasteiger partial charge in [0.05, 0.1) is 18.2 Å². The molecule has 0 unspecified atom stereocenters. The van der Waals surface area contributed by atoms with Gasteiger partial charge >= 0.3 is 5.97 Å². The van der Waals surface area contributed by atoms with E-state index in [9.17, 15) is 9.59 Å². The summed E-state index contributed by atoms with van der Waals surface area (Å²) in [5.74, 6) is 1.00. The summed E-state index contributed by atoms with van der Waals surface area (Å²) in [5, 5.41) is 0. The fraction of sp³-hybridized carbons (Fsp3) is 0.120. The van der Waals surface area contributed by atoms with Crippen LogP contribution >= 0.6 is 0 Å². The van der Waals surface area contributed by atoms with E-state index < -0.39 is 5.97 Å². The third-order valence-electron chi connectivity index (χ3n) is 4.82. The fourth-order valence-electron chi connectivity index (χ4n) is 3.33. The second kappa shape index (κ2) is 7.87. The molecule has 0 bridgehead atoms. The molecule has 0 atom stereocenters.